The Morgan fingerprint density at radius 2 is 1.90 bits per heavy atom. The van der Waals surface area contributed by atoms with Gasteiger partial charge in [0, 0.05) is 10.6 Å². The summed E-state index contributed by atoms with van der Waals surface area (Å²) in [5.41, 5.74) is 6.47. The van der Waals surface area contributed by atoms with Crippen LogP contribution in [-0.2, 0) is 4.79 Å². The molecule has 156 valence electrons. The molecule has 30 heavy (non-hydrogen) atoms. The molecule has 0 aliphatic carbocycles. The highest BCUT2D eigenvalue weighted by atomic mass is 35.5. The van der Waals surface area contributed by atoms with E-state index in [4.69, 9.17) is 54.7 Å². The highest BCUT2D eigenvalue weighted by Crippen LogP contribution is 2.43. The Labute approximate surface area is 186 Å². The van der Waals surface area contributed by atoms with Gasteiger partial charge in [0.05, 0.1) is 7.11 Å². The number of amides is 1. The molecule has 1 heterocycles. The van der Waals surface area contributed by atoms with Crippen LogP contribution in [-0.4, -0.2) is 24.6 Å². The van der Waals surface area contributed by atoms with E-state index >= 15 is 0 Å². The average molecular weight is 472 g/mol. The normalized spacial score (nSPS) is 10.6. The van der Waals surface area contributed by atoms with E-state index in [0.717, 1.165) is 5.56 Å². The van der Waals surface area contributed by atoms with E-state index in [1.807, 2.05) is 6.07 Å². The molecule has 0 saturated heterocycles. The zero-order valence-corrected chi connectivity index (χ0v) is 17.7. The van der Waals surface area contributed by atoms with Crippen molar-refractivity contribution in [2.24, 2.45) is 5.73 Å². The molecule has 0 bridgehead atoms. The molecule has 0 atom stereocenters. The van der Waals surface area contributed by atoms with Crippen LogP contribution in [0.15, 0.2) is 42.5 Å². The second kappa shape index (κ2) is 9.38. The van der Waals surface area contributed by atoms with Gasteiger partial charge >= 0.3 is 0 Å². The van der Waals surface area contributed by atoms with Crippen LogP contribution in [0, 0.1) is 5.95 Å². The van der Waals surface area contributed by atoms with Crippen LogP contribution in [0.1, 0.15) is 0 Å². The molecular formula is C20H14Cl3FN2O4. The largest absolute Gasteiger partial charge is 0.496 e. The number of nitrogens with zero attached hydrogens (tertiary/aromatic N) is 1. The highest BCUT2D eigenvalue weighted by Gasteiger charge is 2.22. The average Bonchev–Trinajstić information content (AvgIpc) is 2.72. The summed E-state index contributed by atoms with van der Waals surface area (Å²) in [7, 11) is 1.53. The standard InChI is InChI=1S/C20H14Cl3FN2O4/c1-28-14-6-5-12(8-13(14)10-3-2-4-11(21)7-10)30-18-16(22)19(24)26-20(17(18)23)29-9-15(25)27/h2-8H,9H2,1H3,(H2,25,27). The number of benzene rings is 2. The third-order valence-corrected chi connectivity index (χ3v) is 4.74. The van der Waals surface area contributed by atoms with Gasteiger partial charge in [0.2, 0.25) is 11.8 Å². The summed E-state index contributed by atoms with van der Waals surface area (Å²) < 4.78 is 30.3. The number of rotatable bonds is 7. The summed E-state index contributed by atoms with van der Waals surface area (Å²) in [5.74, 6) is -1.64. The molecule has 0 radical (unpaired) electrons. The molecule has 6 nitrogen and oxygen atoms in total. The Bertz CT molecular complexity index is 1110. The number of carbonyl (C=O) groups excluding carboxylic acids is 1. The van der Waals surface area contributed by atoms with Crippen molar-refractivity contribution >= 4 is 40.7 Å². The van der Waals surface area contributed by atoms with E-state index in [-0.39, 0.29) is 22.4 Å². The minimum absolute atomic E-state index is 0.220. The van der Waals surface area contributed by atoms with Gasteiger partial charge in [-0.15, -0.1) is 0 Å². The lowest BCUT2D eigenvalue weighted by Gasteiger charge is -2.15. The van der Waals surface area contributed by atoms with Crippen molar-refractivity contribution in [3.8, 4) is 34.3 Å². The van der Waals surface area contributed by atoms with Crippen LogP contribution in [0.2, 0.25) is 15.1 Å². The summed E-state index contributed by atoms with van der Waals surface area (Å²) >= 11 is 18.3. The lowest BCUT2D eigenvalue weighted by atomic mass is 10.0. The number of methoxy groups -OCH3 is 1. The number of hydrogen-bond acceptors (Lipinski definition) is 5. The lowest BCUT2D eigenvalue weighted by molar-refractivity contribution is -0.120. The number of primary amides is 1. The third kappa shape index (κ3) is 4.87. The molecule has 1 amide bonds. The van der Waals surface area contributed by atoms with Gasteiger partial charge in [0.15, 0.2) is 12.4 Å². The molecule has 0 unspecified atom stereocenters. The van der Waals surface area contributed by atoms with Crippen LogP contribution in [0.5, 0.6) is 23.1 Å². The number of halogens is 4. The van der Waals surface area contributed by atoms with E-state index in [9.17, 15) is 9.18 Å². The van der Waals surface area contributed by atoms with Gasteiger partial charge < -0.3 is 19.9 Å². The van der Waals surface area contributed by atoms with Crippen LogP contribution < -0.4 is 19.9 Å². The van der Waals surface area contributed by atoms with Crippen LogP contribution in [0.3, 0.4) is 0 Å². The summed E-state index contributed by atoms with van der Waals surface area (Å²) in [6.45, 7) is -0.547. The molecule has 1 aromatic heterocycles. The maximum Gasteiger partial charge on any atom is 0.255 e. The van der Waals surface area contributed by atoms with Crippen molar-refractivity contribution in [3.05, 3.63) is 63.5 Å². The van der Waals surface area contributed by atoms with E-state index in [1.54, 1.807) is 36.4 Å². The highest BCUT2D eigenvalue weighted by molar-refractivity contribution is 6.38. The molecule has 3 aromatic rings. The molecule has 2 N–H and O–H groups in total. The molecule has 0 fully saturated rings. The minimum Gasteiger partial charge on any atom is -0.496 e. The Hall–Kier alpha value is -2.74. The number of pyridine rings is 1. The van der Waals surface area contributed by atoms with Crippen molar-refractivity contribution in [1.29, 1.82) is 0 Å². The first-order chi connectivity index (χ1) is 14.3. The van der Waals surface area contributed by atoms with E-state index < -0.39 is 23.5 Å². The quantitative estimate of drug-likeness (QED) is 0.459. The Kier molecular flexibility index (Phi) is 6.87. The number of carbonyl (C=O) groups is 1. The zero-order chi connectivity index (χ0) is 21.8. The Morgan fingerprint density at radius 3 is 2.57 bits per heavy atom. The van der Waals surface area contributed by atoms with Crippen LogP contribution >= 0.6 is 34.8 Å². The summed E-state index contributed by atoms with van der Waals surface area (Å²) in [5, 5.41) is -0.131. The first-order valence-corrected chi connectivity index (χ1v) is 9.51. The maximum absolute atomic E-state index is 14.1. The lowest BCUT2D eigenvalue weighted by Crippen LogP contribution is -2.20. The molecular weight excluding hydrogens is 458 g/mol. The van der Waals surface area contributed by atoms with Gasteiger partial charge in [-0.25, -0.2) is 0 Å². The predicted molar refractivity (Wildman–Crippen MR) is 112 cm³/mol. The number of nitrogens with two attached hydrogens (primary N) is 1. The van der Waals surface area contributed by atoms with Gasteiger partial charge in [-0.2, -0.15) is 9.37 Å². The molecule has 2 aromatic carbocycles. The van der Waals surface area contributed by atoms with Gasteiger partial charge in [-0.3, -0.25) is 4.79 Å². The van der Waals surface area contributed by atoms with E-state index in [2.05, 4.69) is 4.98 Å². The van der Waals surface area contributed by atoms with Crippen molar-refractivity contribution < 1.29 is 23.4 Å². The number of ether oxygens (including phenoxy) is 3. The van der Waals surface area contributed by atoms with Crippen LogP contribution in [0.4, 0.5) is 4.39 Å². The van der Waals surface area contributed by atoms with Crippen LogP contribution in [0.25, 0.3) is 11.1 Å². The van der Waals surface area contributed by atoms with Crippen molar-refractivity contribution in [2.45, 2.75) is 0 Å². The van der Waals surface area contributed by atoms with E-state index in [1.165, 1.54) is 7.11 Å². The van der Waals surface area contributed by atoms with Crippen molar-refractivity contribution in [1.82, 2.24) is 4.98 Å². The molecule has 3 rings (SSSR count). The monoisotopic (exact) mass is 470 g/mol. The minimum atomic E-state index is -1.08. The Balaban J connectivity index is 2.02. The second-order valence-electron chi connectivity index (χ2n) is 5.89. The zero-order valence-electron chi connectivity index (χ0n) is 15.4. The second-order valence-corrected chi connectivity index (χ2v) is 7.09. The number of aromatic nitrogens is 1. The first-order valence-electron chi connectivity index (χ1n) is 8.37. The smallest absolute Gasteiger partial charge is 0.255 e. The van der Waals surface area contributed by atoms with Gasteiger partial charge in [0.1, 0.15) is 21.5 Å². The fraction of sp³-hybridized carbons (Fsp3) is 0.100. The maximum atomic E-state index is 14.1. The Morgan fingerprint density at radius 1 is 1.13 bits per heavy atom. The fourth-order valence-electron chi connectivity index (χ4n) is 2.55. The topological polar surface area (TPSA) is 83.7 Å². The molecule has 10 heteroatoms. The summed E-state index contributed by atoms with van der Waals surface area (Å²) in [4.78, 5) is 14.4. The molecule has 0 spiro atoms. The molecule has 0 aliphatic heterocycles. The van der Waals surface area contributed by atoms with Gasteiger partial charge in [-0.05, 0) is 35.9 Å². The number of hydrogen-bond donors (Lipinski definition) is 1. The first kappa shape index (κ1) is 22.0. The van der Waals surface area contributed by atoms with E-state index in [0.29, 0.717) is 16.3 Å². The molecule has 0 saturated carbocycles. The fourth-order valence-corrected chi connectivity index (χ4v) is 3.19. The predicted octanol–water partition coefficient (Wildman–Crippen LogP) is 5.51. The van der Waals surface area contributed by atoms with Crippen molar-refractivity contribution in [3.63, 3.8) is 0 Å². The van der Waals surface area contributed by atoms with Gasteiger partial charge in [0.25, 0.3) is 5.91 Å². The third-order valence-electron chi connectivity index (χ3n) is 3.84. The SMILES string of the molecule is COc1ccc(Oc2c(Cl)c(F)nc(OCC(N)=O)c2Cl)cc1-c1cccc(Cl)c1. The van der Waals surface area contributed by atoms with Crippen molar-refractivity contribution in [2.75, 3.05) is 13.7 Å². The summed E-state index contributed by atoms with van der Waals surface area (Å²) in [6.07, 6.45) is 0. The summed E-state index contributed by atoms with van der Waals surface area (Å²) in [6, 6.07) is 12.0. The molecule has 0 aliphatic rings. The van der Waals surface area contributed by atoms with Gasteiger partial charge in [-0.1, -0.05) is 46.9 Å².